The van der Waals surface area contributed by atoms with Crippen LogP contribution in [-0.4, -0.2) is 55.5 Å². The molecule has 1 N–H and O–H groups in total. The Morgan fingerprint density at radius 1 is 1.29 bits per heavy atom. The van der Waals surface area contributed by atoms with E-state index in [1.807, 2.05) is 20.8 Å². The number of benzene rings is 1. The SMILES string of the molecule is CC(C)(C)OC(=O)NC1CCN(CCCOCCc2ccc3sccc3c2)C1. The van der Waals surface area contributed by atoms with Gasteiger partial charge in [0.2, 0.25) is 0 Å². The summed E-state index contributed by atoms with van der Waals surface area (Å²) in [7, 11) is 0. The van der Waals surface area contributed by atoms with Crippen LogP contribution in [0.25, 0.3) is 10.1 Å². The topological polar surface area (TPSA) is 50.8 Å². The largest absolute Gasteiger partial charge is 0.444 e. The van der Waals surface area contributed by atoms with Crippen LogP contribution in [0.4, 0.5) is 4.79 Å². The third-order valence-electron chi connectivity index (χ3n) is 4.81. The van der Waals surface area contributed by atoms with Gasteiger partial charge >= 0.3 is 6.09 Å². The number of amides is 1. The van der Waals surface area contributed by atoms with E-state index < -0.39 is 5.60 Å². The number of carbonyl (C=O) groups is 1. The number of ether oxygens (including phenoxy) is 2. The molecule has 0 radical (unpaired) electrons. The van der Waals surface area contributed by atoms with Crippen molar-refractivity contribution in [3.63, 3.8) is 0 Å². The lowest BCUT2D eigenvalue weighted by Crippen LogP contribution is -2.40. The molecule has 1 atom stereocenters. The second kappa shape index (κ2) is 9.72. The Labute approximate surface area is 172 Å². The van der Waals surface area contributed by atoms with Gasteiger partial charge in [-0.25, -0.2) is 4.79 Å². The van der Waals surface area contributed by atoms with Crippen molar-refractivity contribution < 1.29 is 14.3 Å². The maximum absolute atomic E-state index is 11.9. The zero-order chi connectivity index (χ0) is 20.0. The third-order valence-corrected chi connectivity index (χ3v) is 5.71. The van der Waals surface area contributed by atoms with E-state index in [-0.39, 0.29) is 12.1 Å². The Hall–Kier alpha value is -1.63. The number of nitrogens with zero attached hydrogens (tertiary/aromatic N) is 1. The summed E-state index contributed by atoms with van der Waals surface area (Å²) in [6.45, 7) is 10.1. The van der Waals surface area contributed by atoms with Crippen molar-refractivity contribution in [3.8, 4) is 0 Å². The van der Waals surface area contributed by atoms with Crippen molar-refractivity contribution in [2.75, 3.05) is 32.8 Å². The van der Waals surface area contributed by atoms with Crippen LogP contribution in [-0.2, 0) is 15.9 Å². The van der Waals surface area contributed by atoms with E-state index in [4.69, 9.17) is 9.47 Å². The second-order valence-electron chi connectivity index (χ2n) is 8.44. The first kappa shape index (κ1) is 21.1. The first-order valence-electron chi connectivity index (χ1n) is 10.1. The number of carbonyl (C=O) groups excluding carboxylic acids is 1. The van der Waals surface area contributed by atoms with Gasteiger partial charge in [0, 0.05) is 37.0 Å². The highest BCUT2D eigenvalue weighted by Crippen LogP contribution is 2.22. The average Bonchev–Trinajstić information content (AvgIpc) is 3.25. The fourth-order valence-electron chi connectivity index (χ4n) is 3.48. The van der Waals surface area contributed by atoms with E-state index in [2.05, 4.69) is 39.9 Å². The minimum absolute atomic E-state index is 0.183. The first-order valence-corrected chi connectivity index (χ1v) is 11.0. The molecule has 0 spiro atoms. The van der Waals surface area contributed by atoms with Crippen molar-refractivity contribution in [2.45, 2.75) is 51.7 Å². The maximum Gasteiger partial charge on any atom is 0.407 e. The Kier molecular flexibility index (Phi) is 7.32. The molecule has 5 nitrogen and oxygen atoms in total. The fourth-order valence-corrected chi connectivity index (χ4v) is 4.25. The van der Waals surface area contributed by atoms with Gasteiger partial charge in [-0.15, -0.1) is 11.3 Å². The molecule has 2 aromatic rings. The molecule has 3 rings (SSSR count). The minimum atomic E-state index is -0.449. The second-order valence-corrected chi connectivity index (χ2v) is 9.39. The van der Waals surface area contributed by atoms with Crippen molar-refractivity contribution in [2.24, 2.45) is 0 Å². The Balaban J connectivity index is 1.25. The van der Waals surface area contributed by atoms with Crippen LogP contribution < -0.4 is 5.32 Å². The van der Waals surface area contributed by atoms with E-state index in [0.29, 0.717) is 0 Å². The van der Waals surface area contributed by atoms with E-state index in [1.165, 1.54) is 15.6 Å². The quantitative estimate of drug-likeness (QED) is 0.661. The highest BCUT2D eigenvalue weighted by atomic mass is 32.1. The highest BCUT2D eigenvalue weighted by molar-refractivity contribution is 7.17. The summed E-state index contributed by atoms with van der Waals surface area (Å²) in [5.41, 5.74) is 0.885. The number of nitrogens with one attached hydrogen (secondary N) is 1. The van der Waals surface area contributed by atoms with Crippen LogP contribution in [0.3, 0.4) is 0 Å². The molecule has 1 fully saturated rings. The zero-order valence-corrected chi connectivity index (χ0v) is 18.0. The molecule has 1 aromatic carbocycles. The molecule has 0 aliphatic carbocycles. The summed E-state index contributed by atoms with van der Waals surface area (Å²) in [5, 5.41) is 6.43. The standard InChI is InChI=1S/C22H32N2O3S/c1-22(2,3)27-21(25)23-19-7-11-24(16-19)10-4-12-26-13-8-17-5-6-20-18(15-17)9-14-28-20/h5-6,9,14-15,19H,4,7-8,10-13,16H2,1-3H3,(H,23,25). The van der Waals surface area contributed by atoms with Crippen molar-refractivity contribution in [3.05, 3.63) is 35.2 Å². The highest BCUT2D eigenvalue weighted by Gasteiger charge is 2.25. The summed E-state index contributed by atoms with van der Waals surface area (Å²) >= 11 is 1.78. The summed E-state index contributed by atoms with van der Waals surface area (Å²) in [6, 6.07) is 9.01. The lowest BCUT2D eigenvalue weighted by molar-refractivity contribution is 0.0505. The zero-order valence-electron chi connectivity index (χ0n) is 17.2. The van der Waals surface area contributed by atoms with Gasteiger partial charge in [0.05, 0.1) is 6.61 Å². The van der Waals surface area contributed by atoms with Crippen LogP contribution in [0.5, 0.6) is 0 Å². The predicted octanol–water partition coefficient (Wildman–Crippen LogP) is 4.45. The smallest absolute Gasteiger partial charge is 0.407 e. The number of rotatable bonds is 8. The van der Waals surface area contributed by atoms with Crippen molar-refractivity contribution in [1.82, 2.24) is 10.2 Å². The van der Waals surface area contributed by atoms with Crippen LogP contribution in [0.1, 0.15) is 39.2 Å². The molecule has 0 saturated carbocycles. The minimum Gasteiger partial charge on any atom is -0.444 e. The number of likely N-dealkylation sites (tertiary alicyclic amines) is 1. The number of hydrogen-bond acceptors (Lipinski definition) is 5. The molecule has 28 heavy (non-hydrogen) atoms. The normalized spacial score (nSPS) is 17.9. The van der Waals surface area contributed by atoms with Gasteiger partial charge in [-0.2, -0.15) is 0 Å². The summed E-state index contributed by atoms with van der Waals surface area (Å²) in [4.78, 5) is 14.2. The van der Waals surface area contributed by atoms with Gasteiger partial charge in [0.15, 0.2) is 0 Å². The van der Waals surface area contributed by atoms with Gasteiger partial charge in [0.25, 0.3) is 0 Å². The number of alkyl carbamates (subject to hydrolysis) is 1. The average molecular weight is 405 g/mol. The monoisotopic (exact) mass is 404 g/mol. The molecular formula is C22H32N2O3S. The molecule has 1 aromatic heterocycles. The molecule has 154 valence electrons. The van der Waals surface area contributed by atoms with Gasteiger partial charge in [0.1, 0.15) is 5.60 Å². The summed E-state index contributed by atoms with van der Waals surface area (Å²) in [6.07, 6.45) is 2.63. The number of thiophene rings is 1. The lowest BCUT2D eigenvalue weighted by atomic mass is 10.1. The lowest BCUT2D eigenvalue weighted by Gasteiger charge is -2.22. The fraction of sp³-hybridized carbons (Fsp3) is 0.591. The van der Waals surface area contributed by atoms with Crippen molar-refractivity contribution in [1.29, 1.82) is 0 Å². The molecule has 1 saturated heterocycles. The van der Waals surface area contributed by atoms with Gasteiger partial charge in [-0.3, -0.25) is 0 Å². The molecule has 1 amide bonds. The van der Waals surface area contributed by atoms with E-state index >= 15 is 0 Å². The maximum atomic E-state index is 11.9. The van der Waals surface area contributed by atoms with Crippen LogP contribution in [0, 0.1) is 0 Å². The van der Waals surface area contributed by atoms with Crippen LogP contribution in [0.15, 0.2) is 29.6 Å². The van der Waals surface area contributed by atoms with Gasteiger partial charge in [-0.05, 0) is 68.5 Å². The summed E-state index contributed by atoms with van der Waals surface area (Å²) in [5.74, 6) is 0. The summed E-state index contributed by atoms with van der Waals surface area (Å²) < 4.78 is 12.5. The van der Waals surface area contributed by atoms with E-state index in [9.17, 15) is 4.79 Å². The molecule has 1 unspecified atom stereocenters. The molecule has 1 aliphatic rings. The third kappa shape index (κ3) is 6.76. The first-order chi connectivity index (χ1) is 13.4. The Morgan fingerprint density at radius 3 is 2.96 bits per heavy atom. The Bertz CT molecular complexity index is 768. The van der Waals surface area contributed by atoms with Gasteiger partial charge < -0.3 is 19.7 Å². The van der Waals surface area contributed by atoms with E-state index in [1.54, 1.807) is 11.3 Å². The number of fused-ring (bicyclic) bond motifs is 1. The number of hydrogen-bond donors (Lipinski definition) is 1. The predicted molar refractivity (Wildman–Crippen MR) is 115 cm³/mol. The molecule has 2 heterocycles. The molecule has 0 bridgehead atoms. The van der Waals surface area contributed by atoms with Gasteiger partial charge in [-0.1, -0.05) is 12.1 Å². The Morgan fingerprint density at radius 2 is 2.14 bits per heavy atom. The molecule has 1 aliphatic heterocycles. The van der Waals surface area contributed by atoms with E-state index in [0.717, 1.165) is 52.1 Å². The molecule has 6 heteroatoms. The van der Waals surface area contributed by atoms with Crippen LogP contribution in [0.2, 0.25) is 0 Å². The molecular weight excluding hydrogens is 372 g/mol. The van der Waals surface area contributed by atoms with Crippen molar-refractivity contribution >= 4 is 27.5 Å². The van der Waals surface area contributed by atoms with Crippen LogP contribution >= 0.6 is 11.3 Å².